The Hall–Kier alpha value is -7.84. The van der Waals surface area contributed by atoms with Crippen molar-refractivity contribution in [2.75, 3.05) is 141 Å². The molecule has 5 N–H and O–H groups in total. The summed E-state index contributed by atoms with van der Waals surface area (Å²) in [6, 6.07) is 9.88. The van der Waals surface area contributed by atoms with Crippen LogP contribution in [0.5, 0.6) is 0 Å². The molecule has 0 radical (unpaired) electrons. The summed E-state index contributed by atoms with van der Waals surface area (Å²) in [7, 11) is 1.96. The molecular weight excluding hydrogens is 1300 g/mol. The van der Waals surface area contributed by atoms with Gasteiger partial charge < -0.3 is 69.3 Å². The summed E-state index contributed by atoms with van der Waals surface area (Å²) in [6.45, 7) is 17.2. The molecule has 0 bridgehead atoms. The smallest absolute Gasteiger partial charge is 0.391 e. The number of aliphatic hydroxyl groups excluding tert-OH is 1. The Bertz CT molecular complexity index is 3540. The van der Waals surface area contributed by atoms with E-state index in [-0.39, 0.29) is 142 Å². The minimum absolute atomic E-state index is 0.00517. The van der Waals surface area contributed by atoms with Crippen LogP contribution in [-0.4, -0.2) is 225 Å². The molecule has 0 saturated carbocycles. The fourth-order valence-corrected chi connectivity index (χ4v) is 12.6. The predicted octanol–water partition coefficient (Wildman–Crippen LogP) is 6.12. The first-order chi connectivity index (χ1) is 46.7. The van der Waals surface area contributed by atoms with Crippen LogP contribution >= 0.6 is 11.3 Å². The number of likely N-dealkylation sites (tertiary alicyclic amines) is 1. The molecule has 3 aliphatic heterocycles. The van der Waals surface area contributed by atoms with Crippen molar-refractivity contribution < 1.29 is 75.1 Å². The van der Waals surface area contributed by atoms with Gasteiger partial charge in [-0.05, 0) is 56.5 Å². The highest BCUT2D eigenvalue weighted by atomic mass is 32.1. The van der Waals surface area contributed by atoms with Gasteiger partial charge in [0, 0.05) is 145 Å². The van der Waals surface area contributed by atoms with E-state index >= 15 is 4.39 Å². The van der Waals surface area contributed by atoms with Gasteiger partial charge in [-0.15, -0.1) is 11.3 Å². The maximum atomic E-state index is 16.2. The number of carbonyl (C=O) groups excluding carboxylic acids is 6. The van der Waals surface area contributed by atoms with Crippen molar-refractivity contribution in [1.82, 2.24) is 45.3 Å². The highest BCUT2D eigenvalue weighted by molar-refractivity contribution is 7.13. The van der Waals surface area contributed by atoms with Crippen LogP contribution in [0.3, 0.4) is 0 Å². The number of β-amino-alcohol motifs (C(OH)–C–C–N with tert-alkyl or cyclic N) is 1. The number of anilines is 3. The van der Waals surface area contributed by atoms with Crippen LogP contribution in [0.15, 0.2) is 71.4 Å². The molecule has 3 fully saturated rings. The van der Waals surface area contributed by atoms with Crippen molar-refractivity contribution in [3.63, 3.8) is 0 Å². The molecule has 6 heterocycles. The van der Waals surface area contributed by atoms with E-state index in [1.165, 1.54) is 29.4 Å². The van der Waals surface area contributed by atoms with Gasteiger partial charge in [0.2, 0.25) is 35.1 Å². The third-order valence-corrected chi connectivity index (χ3v) is 18.6. The monoisotopic (exact) mass is 1390 g/mol. The number of hydrogen-bond acceptors (Lipinski definition) is 20. The molecule has 3 aromatic heterocycles. The number of aromatic nitrogens is 4. The zero-order valence-corrected chi connectivity index (χ0v) is 57.4. The summed E-state index contributed by atoms with van der Waals surface area (Å²) in [6.07, 6.45) is -2.20. The van der Waals surface area contributed by atoms with E-state index in [0.29, 0.717) is 97.1 Å². The highest BCUT2D eigenvalue weighted by Crippen LogP contribution is 2.39. The first-order valence-corrected chi connectivity index (χ1v) is 33.8. The Morgan fingerprint density at radius 1 is 0.755 bits per heavy atom. The number of alkyl halides is 3. The molecule has 0 spiro atoms. The molecule has 2 aromatic carbocycles. The van der Waals surface area contributed by atoms with E-state index in [1.807, 2.05) is 82.7 Å². The van der Waals surface area contributed by atoms with Crippen molar-refractivity contribution in [2.24, 2.45) is 11.3 Å². The van der Waals surface area contributed by atoms with E-state index in [2.05, 4.69) is 40.8 Å². The van der Waals surface area contributed by atoms with Gasteiger partial charge in [-0.3, -0.25) is 38.5 Å². The fraction of sp³-hybridized carbons (Fsp3) is 0.559. The summed E-state index contributed by atoms with van der Waals surface area (Å²) in [5, 5.41) is 18.8. The van der Waals surface area contributed by atoms with Crippen LogP contribution in [0, 0.1) is 24.1 Å². The number of aromatic amines is 1. The minimum atomic E-state index is -5.01. The molecule has 30 heteroatoms. The topological polar surface area (TPSA) is 293 Å². The molecule has 0 aliphatic carbocycles. The summed E-state index contributed by atoms with van der Waals surface area (Å²) >= 11 is 1.56. The number of halogens is 4. The third kappa shape index (κ3) is 21.6. The van der Waals surface area contributed by atoms with Crippen LogP contribution in [0.25, 0.3) is 21.6 Å². The Morgan fingerprint density at radius 3 is 1.96 bits per heavy atom. The van der Waals surface area contributed by atoms with E-state index in [0.717, 1.165) is 21.7 Å². The maximum absolute atomic E-state index is 16.2. The number of carbonyl (C=O) groups is 6. The van der Waals surface area contributed by atoms with Crippen LogP contribution in [-0.2, 0) is 60.4 Å². The second-order valence-electron chi connectivity index (χ2n) is 25.7. The third-order valence-electron chi connectivity index (χ3n) is 17.6. The van der Waals surface area contributed by atoms with E-state index in [9.17, 15) is 51.8 Å². The summed E-state index contributed by atoms with van der Waals surface area (Å²) < 4.78 is 86.0. The lowest BCUT2D eigenvalue weighted by Gasteiger charge is -2.44. The molecular formula is C68H90F4N12O13S. The van der Waals surface area contributed by atoms with Crippen molar-refractivity contribution in [3.05, 3.63) is 105 Å². The second-order valence-corrected chi connectivity index (χ2v) is 26.6. The van der Waals surface area contributed by atoms with Gasteiger partial charge in [0.25, 0.3) is 5.91 Å². The number of likely N-dealkylation sites (N-methyl/N-ethyl adjacent to an activating group) is 1. The zero-order valence-electron chi connectivity index (χ0n) is 56.6. The van der Waals surface area contributed by atoms with Crippen LogP contribution in [0.1, 0.15) is 93.9 Å². The molecule has 3 aliphatic rings. The quantitative estimate of drug-likeness (QED) is 0.0233. The number of rotatable bonds is 33. The van der Waals surface area contributed by atoms with Crippen molar-refractivity contribution in [1.29, 1.82) is 0 Å². The number of amides is 5. The Morgan fingerprint density at radius 2 is 1.37 bits per heavy atom. The predicted molar refractivity (Wildman–Crippen MR) is 359 cm³/mol. The molecule has 5 amide bonds. The zero-order chi connectivity index (χ0) is 70.7. The Kier molecular flexibility index (Phi) is 27.7. The molecule has 25 nitrogen and oxygen atoms in total. The van der Waals surface area contributed by atoms with E-state index in [4.69, 9.17) is 23.7 Å². The number of aliphatic hydroxyl groups is 1. The lowest BCUT2D eigenvalue weighted by atomic mass is 9.76. The maximum Gasteiger partial charge on any atom is 0.417 e. The van der Waals surface area contributed by atoms with Crippen LogP contribution in [0.4, 0.5) is 34.9 Å². The normalized spacial score (nSPS) is 18.0. The van der Waals surface area contributed by atoms with Gasteiger partial charge in [0.1, 0.15) is 17.6 Å². The number of nitrogens with zero attached hydrogens (tertiary/aromatic N) is 8. The Balaban J connectivity index is 0.634. The number of nitrogens with one attached hydrogen (secondary N) is 4. The average Bonchev–Trinajstić information content (AvgIpc) is 0.790. The van der Waals surface area contributed by atoms with Gasteiger partial charge in [-0.1, -0.05) is 45.0 Å². The number of aryl methyl sites for hydroxylation is 1. The average molecular weight is 1390 g/mol. The van der Waals surface area contributed by atoms with Crippen LogP contribution in [0.2, 0.25) is 0 Å². The summed E-state index contributed by atoms with van der Waals surface area (Å²) in [4.78, 5) is 117. The van der Waals surface area contributed by atoms with Gasteiger partial charge in [0.05, 0.1) is 111 Å². The van der Waals surface area contributed by atoms with Crippen molar-refractivity contribution in [2.45, 2.75) is 111 Å². The van der Waals surface area contributed by atoms with Gasteiger partial charge in [-0.25, -0.2) is 19.3 Å². The first kappa shape index (κ1) is 75.9. The minimum Gasteiger partial charge on any atom is -0.391 e. The lowest BCUT2D eigenvalue weighted by Crippen LogP contribution is -2.55. The number of piperazine rings is 2. The number of Topliss-reactive ketones (excluding diaryl/α,β-unsaturated/α-hetero) is 1. The second kappa shape index (κ2) is 35.8. The first-order valence-electron chi connectivity index (χ1n) is 32.9. The Labute approximate surface area is 571 Å². The van der Waals surface area contributed by atoms with Crippen LogP contribution < -0.4 is 31.3 Å². The van der Waals surface area contributed by atoms with Gasteiger partial charge in [0.15, 0.2) is 0 Å². The van der Waals surface area contributed by atoms with Crippen molar-refractivity contribution >= 4 is 64.0 Å². The molecule has 534 valence electrons. The molecule has 8 rings (SSSR count). The standard InChI is InChI=1S/C68H90F4N12O13S/c1-43-39-83(40-44(2)80(43)7)57-34-55(69)51(32-56(57)79-63(90)52-38-74-60(88)33-53(52)68(70,71)72)48-36-76-66(77-37-48)82-18-16-81(17-19-82)61(89)13-12-59(87)73-15-21-94-23-25-96-27-29-97-28-26-95-24-22-93-20-14-49(85)30-54(67(4,5)6)65(92)84-41-50(86)31-58(84)64(91)75-35-46-8-10-47(11-9-46)62-45(3)78-42-98-62/h8-11,32-34,36-38,42-44,50,54,58,86H,12-31,35,39-41H2,1-7H3,(H,73,87)(H,74,88)(H,75,91)(H,79,90)/t43-,44+,50-,54-,58+/m1/s1. The number of ether oxygens (including phenoxy) is 5. The number of hydrogen-bond donors (Lipinski definition) is 5. The SMILES string of the molecule is Cc1ncsc1-c1ccc(CNC(=O)[C@@H]2C[C@@H](O)CN2C(=O)[C@@H](CC(=O)CCOCCOCCOCCOCCOCCNC(=O)CCC(=O)N2CCN(c3ncc(-c4cc(NC(=O)c5c[nH]c(=O)cc5C(F)(F)F)c(N5C[C@@H](C)N(C)[C@@H](C)C5)cc4F)cn3)CC2)C(C)(C)C)cc1. The number of H-pyrrole nitrogens is 1. The van der Waals surface area contributed by atoms with E-state index in [1.54, 1.807) is 21.7 Å². The number of thiazole rings is 1. The number of ketones is 1. The van der Waals surface area contributed by atoms with Gasteiger partial charge in [-0.2, -0.15) is 13.2 Å². The number of benzene rings is 2. The molecule has 98 heavy (non-hydrogen) atoms. The van der Waals surface area contributed by atoms with Gasteiger partial charge >= 0.3 is 6.18 Å². The molecule has 0 unspecified atom stereocenters. The number of pyridine rings is 1. The molecule has 5 aromatic rings. The van der Waals surface area contributed by atoms with E-state index < -0.39 is 58.1 Å². The fourth-order valence-electron chi connectivity index (χ4n) is 11.8. The largest absolute Gasteiger partial charge is 0.417 e. The van der Waals surface area contributed by atoms with Crippen molar-refractivity contribution in [3.8, 4) is 21.6 Å². The molecule has 5 atom stereocenters. The highest BCUT2D eigenvalue weighted by Gasteiger charge is 2.45. The lowest BCUT2D eigenvalue weighted by molar-refractivity contribution is -0.146. The molecule has 3 saturated heterocycles. The summed E-state index contributed by atoms with van der Waals surface area (Å²) in [5.41, 5.74) is 1.32. The summed E-state index contributed by atoms with van der Waals surface area (Å²) in [5.74, 6) is -3.58.